The maximum atomic E-state index is 12.1. The number of allylic oxidation sites excluding steroid dienone is 2. The van der Waals surface area contributed by atoms with Crippen LogP contribution in [-0.4, -0.2) is 124 Å². The van der Waals surface area contributed by atoms with Gasteiger partial charge < -0.3 is 29.3 Å². The van der Waals surface area contributed by atoms with E-state index in [2.05, 4.69) is 45.6 Å². The largest absolute Gasteiger partial charge is 0.508 e. The number of hydrogen-bond acceptors (Lipinski definition) is 8. The molecule has 10 nitrogen and oxygen atoms in total. The molecule has 1 unspecified atom stereocenters. The van der Waals surface area contributed by atoms with Gasteiger partial charge in [-0.3, -0.25) is 14.7 Å². The van der Waals surface area contributed by atoms with E-state index in [1.807, 2.05) is 24.1 Å². The van der Waals surface area contributed by atoms with Crippen molar-refractivity contribution in [3.05, 3.63) is 59.3 Å². The molecule has 230 valence electrons. The van der Waals surface area contributed by atoms with Crippen LogP contribution in [0, 0.1) is 0 Å². The van der Waals surface area contributed by atoms with Crippen molar-refractivity contribution in [2.45, 2.75) is 25.4 Å². The number of phenols is 1. The first-order valence-corrected chi connectivity index (χ1v) is 15.2. The average Bonchev–Trinajstić information content (AvgIpc) is 3.37. The van der Waals surface area contributed by atoms with Crippen LogP contribution >= 0.6 is 0 Å². The molecule has 0 aromatic heterocycles. The highest BCUT2D eigenvalue weighted by Gasteiger charge is 2.29. The zero-order valence-electron chi connectivity index (χ0n) is 25.5. The molecule has 1 atom stereocenters. The zero-order chi connectivity index (χ0) is 30.2. The third kappa shape index (κ3) is 7.37. The topological polar surface area (TPSA) is 93.4 Å². The highest BCUT2D eigenvalue weighted by atomic mass is 16.5. The van der Waals surface area contributed by atoms with Crippen molar-refractivity contribution in [3.63, 3.8) is 0 Å². The lowest BCUT2D eigenvalue weighted by Crippen LogP contribution is -2.51. The smallest absolute Gasteiger partial charge is 0.246 e. The summed E-state index contributed by atoms with van der Waals surface area (Å²) >= 11 is 0. The van der Waals surface area contributed by atoms with Crippen LogP contribution in [0.4, 0.5) is 5.69 Å². The Morgan fingerprint density at radius 1 is 1.12 bits per heavy atom. The summed E-state index contributed by atoms with van der Waals surface area (Å²) in [6.07, 6.45) is 14.4. The Kier molecular flexibility index (Phi) is 10.3. The minimum absolute atomic E-state index is 0.0367. The van der Waals surface area contributed by atoms with E-state index in [0.717, 1.165) is 79.4 Å². The number of amides is 1. The molecule has 0 bridgehead atoms. The van der Waals surface area contributed by atoms with Gasteiger partial charge >= 0.3 is 0 Å². The minimum Gasteiger partial charge on any atom is -0.508 e. The number of rotatable bonds is 9. The van der Waals surface area contributed by atoms with Crippen molar-refractivity contribution in [2.24, 2.45) is 9.98 Å². The molecular weight excluding hydrogens is 544 g/mol. The van der Waals surface area contributed by atoms with Gasteiger partial charge in [-0.25, -0.2) is 4.99 Å². The number of piperazine rings is 1. The molecule has 0 radical (unpaired) electrons. The van der Waals surface area contributed by atoms with Gasteiger partial charge in [-0.2, -0.15) is 0 Å². The molecule has 3 aliphatic heterocycles. The van der Waals surface area contributed by atoms with Gasteiger partial charge in [0.1, 0.15) is 18.2 Å². The molecule has 1 aliphatic carbocycles. The molecule has 2 saturated heterocycles. The maximum absolute atomic E-state index is 12.1. The molecule has 1 aromatic rings. The van der Waals surface area contributed by atoms with Crippen molar-refractivity contribution in [3.8, 4) is 5.75 Å². The number of ether oxygens (including phenoxy) is 2. The van der Waals surface area contributed by atoms with E-state index in [1.165, 1.54) is 6.08 Å². The predicted octanol–water partition coefficient (Wildman–Crippen LogP) is 3.41. The van der Waals surface area contributed by atoms with E-state index in [0.29, 0.717) is 45.4 Å². The fraction of sp³-hybridized carbons (Fsp3) is 0.485. The van der Waals surface area contributed by atoms with Gasteiger partial charge in [0.25, 0.3) is 0 Å². The van der Waals surface area contributed by atoms with Crippen LogP contribution in [-0.2, 0) is 14.3 Å². The Labute approximate surface area is 255 Å². The lowest BCUT2D eigenvalue weighted by atomic mass is 9.98. The van der Waals surface area contributed by atoms with E-state index in [4.69, 9.17) is 19.5 Å². The third-order valence-corrected chi connectivity index (χ3v) is 8.61. The first-order valence-electron chi connectivity index (χ1n) is 15.2. The van der Waals surface area contributed by atoms with E-state index < -0.39 is 0 Å². The molecule has 5 rings (SSSR count). The number of fused-ring (bicyclic) bond motifs is 1. The molecule has 2 fully saturated rings. The van der Waals surface area contributed by atoms with Crippen molar-refractivity contribution < 1.29 is 19.4 Å². The number of nitrogens with zero attached hydrogens (tertiary/aromatic N) is 6. The molecule has 1 N–H and O–H groups in total. The van der Waals surface area contributed by atoms with E-state index in [1.54, 1.807) is 13.5 Å². The monoisotopic (exact) mass is 588 g/mol. The van der Waals surface area contributed by atoms with Crippen LogP contribution in [0.2, 0.25) is 0 Å². The number of benzene rings is 1. The van der Waals surface area contributed by atoms with E-state index in [-0.39, 0.29) is 11.7 Å². The lowest BCUT2D eigenvalue weighted by Gasteiger charge is -2.39. The summed E-state index contributed by atoms with van der Waals surface area (Å²) in [4.78, 5) is 30.5. The van der Waals surface area contributed by atoms with Crippen molar-refractivity contribution in [1.29, 1.82) is 0 Å². The number of aliphatic imine (C=N–C) groups is 2. The quantitative estimate of drug-likeness (QED) is 0.205. The summed E-state index contributed by atoms with van der Waals surface area (Å²) in [6, 6.07) is 3.66. The molecule has 43 heavy (non-hydrogen) atoms. The van der Waals surface area contributed by atoms with E-state index >= 15 is 0 Å². The molecular formula is C33H44N6O4. The number of anilines is 1. The Morgan fingerprint density at radius 2 is 1.91 bits per heavy atom. The number of carbonyl (C=O) groups excluding carboxylic acids is 1. The number of amidine groups is 1. The predicted molar refractivity (Wildman–Crippen MR) is 173 cm³/mol. The summed E-state index contributed by atoms with van der Waals surface area (Å²) < 4.78 is 11.4. The minimum atomic E-state index is -0.0367. The summed E-state index contributed by atoms with van der Waals surface area (Å²) in [5, 5.41) is 10.6. The molecule has 3 heterocycles. The Hall–Kier alpha value is -3.89. The molecule has 10 heteroatoms. The molecule has 1 amide bonds. The van der Waals surface area contributed by atoms with Crippen LogP contribution in [0.25, 0.3) is 12.2 Å². The number of phenolic OH excluding ortho intramolecular Hbond substituents is 1. The van der Waals surface area contributed by atoms with E-state index in [9.17, 15) is 9.90 Å². The third-order valence-electron chi connectivity index (χ3n) is 8.61. The number of hydrogen-bond donors (Lipinski definition) is 1. The Bertz CT molecular complexity index is 1320. The van der Waals surface area contributed by atoms with Gasteiger partial charge in [0.05, 0.1) is 18.3 Å². The van der Waals surface area contributed by atoms with Crippen LogP contribution in [0.15, 0.2) is 58.2 Å². The molecule has 0 spiro atoms. The SMILES string of the molecule is C=CC(=O)N1CCN(C(=NC)C2=C(N=COCCN3CCC(OC)C3)CN(c3cc(O)cc4c3C=CCC=C4)CC2)CC1. The second-order valence-corrected chi connectivity index (χ2v) is 11.2. The average molecular weight is 589 g/mol. The molecule has 4 aliphatic rings. The van der Waals surface area contributed by atoms with Gasteiger partial charge in [0.15, 0.2) is 6.40 Å². The Morgan fingerprint density at radius 3 is 2.65 bits per heavy atom. The van der Waals surface area contributed by atoms with Crippen molar-refractivity contribution in [2.75, 3.05) is 84.6 Å². The highest BCUT2D eigenvalue weighted by molar-refractivity contribution is 6.00. The Balaban J connectivity index is 1.36. The standard InChI is InChI=1S/C33H44N6O4/c1-4-32(41)37-14-16-38(17-15-37)33(34-2)29-11-13-39(31-21-26(40)20-25-8-6-5-7-9-28(25)31)23-30(29)35-24-43-19-18-36-12-10-27(22-36)42-3/h4,6-9,20-21,24,27,40H,1,5,10-19,22-23H2,2-3H3. The first kappa shape index (κ1) is 30.6. The molecule has 1 aromatic carbocycles. The van der Waals surface area contributed by atoms with Gasteiger partial charge in [-0.05, 0) is 37.0 Å². The maximum Gasteiger partial charge on any atom is 0.246 e. The zero-order valence-corrected chi connectivity index (χ0v) is 25.5. The summed E-state index contributed by atoms with van der Waals surface area (Å²) in [5.74, 6) is 1.13. The van der Waals surface area contributed by atoms with Crippen molar-refractivity contribution in [1.82, 2.24) is 14.7 Å². The van der Waals surface area contributed by atoms with Gasteiger partial charge in [0.2, 0.25) is 5.91 Å². The van der Waals surface area contributed by atoms with Gasteiger partial charge in [-0.1, -0.05) is 30.9 Å². The van der Waals surface area contributed by atoms with Gasteiger partial charge in [0, 0.05) is 89.4 Å². The number of methoxy groups -OCH3 is 1. The first-order chi connectivity index (χ1) is 21.0. The van der Waals surface area contributed by atoms with Crippen LogP contribution in [0.3, 0.4) is 0 Å². The fourth-order valence-electron chi connectivity index (χ4n) is 6.26. The lowest BCUT2D eigenvalue weighted by molar-refractivity contribution is -0.127. The van der Waals surface area contributed by atoms with Crippen molar-refractivity contribution >= 4 is 36.0 Å². The number of likely N-dealkylation sites (tertiary alicyclic amines) is 1. The van der Waals surface area contributed by atoms with Crippen LogP contribution < -0.4 is 4.90 Å². The number of aromatic hydroxyl groups is 1. The molecule has 0 saturated carbocycles. The fourth-order valence-corrected chi connectivity index (χ4v) is 6.26. The van der Waals surface area contributed by atoms with Crippen LogP contribution in [0.5, 0.6) is 5.75 Å². The summed E-state index contributed by atoms with van der Waals surface area (Å²) in [7, 11) is 3.59. The summed E-state index contributed by atoms with van der Waals surface area (Å²) in [6.45, 7) is 10.9. The highest BCUT2D eigenvalue weighted by Crippen LogP contribution is 2.36. The number of carbonyl (C=O) groups is 1. The van der Waals surface area contributed by atoms with Gasteiger partial charge in [-0.15, -0.1) is 0 Å². The second-order valence-electron chi connectivity index (χ2n) is 11.2. The summed E-state index contributed by atoms with van der Waals surface area (Å²) in [5.41, 5.74) is 5.07. The normalized spacial score (nSPS) is 21.5. The second kappa shape index (κ2) is 14.5. The van der Waals surface area contributed by atoms with Crippen LogP contribution in [0.1, 0.15) is 30.4 Å².